The molecule has 4 aromatic rings. The van der Waals surface area contributed by atoms with Crippen LogP contribution in [0.1, 0.15) is 40.7 Å². The number of aromatic nitrogens is 1. The number of methoxy groups -OCH3 is 1. The molecule has 2 aromatic heterocycles. The first-order valence-electron chi connectivity index (χ1n) is 11.3. The lowest BCUT2D eigenvalue weighted by atomic mass is 9.90. The van der Waals surface area contributed by atoms with Gasteiger partial charge in [0.15, 0.2) is 5.76 Å². The Morgan fingerprint density at radius 3 is 2.79 bits per heavy atom. The number of amides is 1. The number of aromatic hydroxyl groups is 1. The van der Waals surface area contributed by atoms with Gasteiger partial charge >= 0.3 is 0 Å². The quantitative estimate of drug-likeness (QED) is 0.466. The Balaban J connectivity index is 1.49. The zero-order valence-electron chi connectivity index (χ0n) is 19.1. The van der Waals surface area contributed by atoms with Gasteiger partial charge in [-0.3, -0.25) is 9.59 Å². The van der Waals surface area contributed by atoms with E-state index in [0.717, 1.165) is 17.6 Å². The molecule has 7 nitrogen and oxygen atoms in total. The number of carbonyl (C=O) groups excluding carboxylic acids is 1. The Kier molecular flexibility index (Phi) is 5.61. The molecule has 0 radical (unpaired) electrons. The largest absolute Gasteiger partial charge is 0.502 e. The number of ether oxygens (including phenoxy) is 1. The van der Waals surface area contributed by atoms with E-state index in [1.165, 1.54) is 17.0 Å². The molecular weight excluding hydrogens is 432 g/mol. The lowest BCUT2D eigenvalue weighted by molar-refractivity contribution is -0.132. The molecule has 1 unspecified atom stereocenters. The van der Waals surface area contributed by atoms with E-state index >= 15 is 0 Å². The summed E-state index contributed by atoms with van der Waals surface area (Å²) in [5, 5.41) is 11.8. The zero-order valence-corrected chi connectivity index (χ0v) is 19.1. The number of fused-ring (bicyclic) bond motifs is 3. The van der Waals surface area contributed by atoms with E-state index in [1.54, 1.807) is 20.1 Å². The van der Waals surface area contributed by atoms with Crippen molar-refractivity contribution >= 4 is 16.8 Å². The number of carbonyl (C=O) groups is 1. The average molecular weight is 459 g/mol. The second-order valence-electron chi connectivity index (χ2n) is 8.63. The molecule has 0 saturated carbocycles. The van der Waals surface area contributed by atoms with Crippen molar-refractivity contribution in [1.29, 1.82) is 0 Å². The van der Waals surface area contributed by atoms with E-state index in [9.17, 15) is 14.7 Å². The monoisotopic (exact) mass is 458 g/mol. The summed E-state index contributed by atoms with van der Waals surface area (Å²) in [5.74, 6) is -0.257. The average Bonchev–Trinajstić information content (AvgIpc) is 3.22. The van der Waals surface area contributed by atoms with Gasteiger partial charge in [0.05, 0.1) is 19.6 Å². The molecule has 0 fully saturated rings. The van der Waals surface area contributed by atoms with Crippen molar-refractivity contribution < 1.29 is 19.1 Å². The van der Waals surface area contributed by atoms with Crippen LogP contribution in [0.25, 0.3) is 10.9 Å². The van der Waals surface area contributed by atoms with Crippen LogP contribution in [0.2, 0.25) is 0 Å². The van der Waals surface area contributed by atoms with Gasteiger partial charge in [0.2, 0.25) is 17.1 Å². The van der Waals surface area contributed by atoms with Gasteiger partial charge in [0.1, 0.15) is 11.5 Å². The molecule has 1 aliphatic rings. The van der Waals surface area contributed by atoms with Crippen LogP contribution in [-0.2, 0) is 17.8 Å². The van der Waals surface area contributed by atoms with E-state index in [-0.39, 0.29) is 18.1 Å². The SMILES string of the molecule is COc1ccccc1C(CC(=O)N1CCc2c([nH]c3ccccc23)C1)c1oc(C)cc(=O)c1O. The first-order valence-corrected chi connectivity index (χ1v) is 11.3. The molecule has 7 heteroatoms. The second-order valence-corrected chi connectivity index (χ2v) is 8.63. The maximum absolute atomic E-state index is 13.5. The highest BCUT2D eigenvalue weighted by molar-refractivity contribution is 5.86. The molecule has 0 saturated heterocycles. The van der Waals surface area contributed by atoms with Gasteiger partial charge < -0.3 is 24.1 Å². The molecule has 2 aromatic carbocycles. The van der Waals surface area contributed by atoms with Crippen molar-refractivity contribution in [2.75, 3.05) is 13.7 Å². The predicted octanol–water partition coefficient (Wildman–Crippen LogP) is 4.25. The summed E-state index contributed by atoms with van der Waals surface area (Å²) >= 11 is 0. The number of aromatic amines is 1. The lowest BCUT2D eigenvalue weighted by Gasteiger charge is -2.29. The van der Waals surface area contributed by atoms with Crippen LogP contribution >= 0.6 is 0 Å². The van der Waals surface area contributed by atoms with Gasteiger partial charge in [-0.05, 0) is 31.0 Å². The first kappa shape index (κ1) is 21.8. The number of benzene rings is 2. The summed E-state index contributed by atoms with van der Waals surface area (Å²) in [4.78, 5) is 31.1. The Bertz CT molecular complexity index is 1430. The van der Waals surface area contributed by atoms with Crippen LogP contribution in [-0.4, -0.2) is 34.6 Å². The number of aryl methyl sites for hydroxylation is 1. The van der Waals surface area contributed by atoms with Crippen molar-refractivity contribution in [3.05, 3.63) is 93.2 Å². The summed E-state index contributed by atoms with van der Waals surface area (Å²) in [6.07, 6.45) is 0.783. The van der Waals surface area contributed by atoms with Gasteiger partial charge in [0.25, 0.3) is 0 Å². The summed E-state index contributed by atoms with van der Waals surface area (Å²) in [6, 6.07) is 16.7. The number of rotatable bonds is 5. The molecule has 1 aliphatic heterocycles. The maximum atomic E-state index is 13.5. The van der Waals surface area contributed by atoms with E-state index in [2.05, 4.69) is 11.1 Å². The highest BCUT2D eigenvalue weighted by Gasteiger charge is 2.31. The van der Waals surface area contributed by atoms with E-state index in [0.29, 0.717) is 30.2 Å². The molecule has 1 amide bonds. The van der Waals surface area contributed by atoms with Crippen LogP contribution < -0.4 is 10.2 Å². The van der Waals surface area contributed by atoms with Crippen molar-refractivity contribution in [3.8, 4) is 11.5 Å². The lowest BCUT2D eigenvalue weighted by Crippen LogP contribution is -2.36. The van der Waals surface area contributed by atoms with Crippen molar-refractivity contribution in [2.24, 2.45) is 0 Å². The predicted molar refractivity (Wildman–Crippen MR) is 128 cm³/mol. The number of nitrogens with one attached hydrogen (secondary N) is 1. The fourth-order valence-corrected chi connectivity index (χ4v) is 4.87. The molecular formula is C27H26N2O5. The van der Waals surface area contributed by atoms with Crippen LogP contribution in [0.15, 0.2) is 63.8 Å². The maximum Gasteiger partial charge on any atom is 0.227 e. The standard InChI is InChI=1S/C27H26N2O5/c1-16-13-23(30)26(32)27(34-16)20(19-8-4-6-10-24(19)33-2)14-25(31)29-12-11-18-17-7-3-5-9-21(17)28-22(18)15-29/h3-10,13,20,28,32H,11-12,14-15H2,1-2H3. The van der Waals surface area contributed by atoms with Gasteiger partial charge in [-0.2, -0.15) is 0 Å². The molecule has 0 bridgehead atoms. The van der Waals surface area contributed by atoms with Crippen LogP contribution in [0.3, 0.4) is 0 Å². The van der Waals surface area contributed by atoms with Gasteiger partial charge in [0, 0.05) is 41.2 Å². The second kappa shape index (κ2) is 8.74. The van der Waals surface area contributed by atoms with E-state index in [1.807, 2.05) is 41.3 Å². The minimum atomic E-state index is -0.680. The van der Waals surface area contributed by atoms with E-state index < -0.39 is 17.1 Å². The van der Waals surface area contributed by atoms with Gasteiger partial charge in [-0.15, -0.1) is 0 Å². The van der Waals surface area contributed by atoms with Crippen LogP contribution in [0, 0.1) is 6.92 Å². The normalized spacial score (nSPS) is 14.1. The summed E-state index contributed by atoms with van der Waals surface area (Å²) in [5.41, 5.74) is 3.50. The number of hydrogen-bond acceptors (Lipinski definition) is 5. The zero-order chi connectivity index (χ0) is 23.8. The van der Waals surface area contributed by atoms with E-state index in [4.69, 9.17) is 9.15 Å². The fourth-order valence-electron chi connectivity index (χ4n) is 4.87. The number of hydrogen-bond donors (Lipinski definition) is 2. The van der Waals surface area contributed by atoms with Gasteiger partial charge in [-0.25, -0.2) is 0 Å². The molecule has 174 valence electrons. The number of para-hydroxylation sites is 2. The Morgan fingerprint density at radius 1 is 1.21 bits per heavy atom. The van der Waals surface area contributed by atoms with Crippen LogP contribution in [0.4, 0.5) is 0 Å². The van der Waals surface area contributed by atoms with Crippen LogP contribution in [0.5, 0.6) is 11.5 Å². The third kappa shape index (κ3) is 3.83. The highest BCUT2D eigenvalue weighted by atomic mass is 16.5. The van der Waals surface area contributed by atoms with Crippen molar-refractivity contribution in [3.63, 3.8) is 0 Å². The molecule has 1 atom stereocenters. The highest BCUT2D eigenvalue weighted by Crippen LogP contribution is 2.38. The Hall–Kier alpha value is -4.00. The van der Waals surface area contributed by atoms with Crippen molar-refractivity contribution in [2.45, 2.75) is 32.2 Å². The number of H-pyrrole nitrogens is 1. The summed E-state index contributed by atoms with van der Waals surface area (Å²) in [7, 11) is 1.55. The smallest absolute Gasteiger partial charge is 0.227 e. The molecule has 2 N–H and O–H groups in total. The minimum absolute atomic E-state index is 0.0237. The molecule has 34 heavy (non-hydrogen) atoms. The third-order valence-corrected chi connectivity index (χ3v) is 6.52. The summed E-state index contributed by atoms with van der Waals surface area (Å²) < 4.78 is 11.3. The van der Waals surface area contributed by atoms with Crippen molar-refractivity contribution in [1.82, 2.24) is 9.88 Å². The fraction of sp³-hybridized carbons (Fsp3) is 0.259. The minimum Gasteiger partial charge on any atom is -0.502 e. The molecule has 3 heterocycles. The molecule has 0 spiro atoms. The Morgan fingerprint density at radius 2 is 1.97 bits per heavy atom. The van der Waals surface area contributed by atoms with Gasteiger partial charge in [-0.1, -0.05) is 36.4 Å². The third-order valence-electron chi connectivity index (χ3n) is 6.52. The topological polar surface area (TPSA) is 95.8 Å². The first-order chi connectivity index (χ1) is 16.5. The Labute approximate surface area is 196 Å². The molecule has 0 aliphatic carbocycles. The molecule has 5 rings (SSSR count). The summed E-state index contributed by atoms with van der Waals surface area (Å²) in [6.45, 7) is 2.72. The number of nitrogens with zero attached hydrogens (tertiary/aromatic N) is 1.